The SMILES string of the molecule is CN1Cc2c(F)cc(N3CCC(Oc4ccc(OCC5CC5)nc4)C3=O)cc2C1=O. The van der Waals surface area contributed by atoms with Crippen molar-refractivity contribution in [1.29, 1.82) is 0 Å². The number of nitrogens with zero attached hydrogens (tertiary/aromatic N) is 3. The predicted octanol–water partition coefficient (Wildman–Crippen LogP) is 2.78. The van der Waals surface area contributed by atoms with Crippen LogP contribution in [0.2, 0.25) is 0 Å². The van der Waals surface area contributed by atoms with Crippen LogP contribution >= 0.6 is 0 Å². The van der Waals surface area contributed by atoms with E-state index in [1.54, 1.807) is 31.4 Å². The van der Waals surface area contributed by atoms with Crippen molar-refractivity contribution in [3.8, 4) is 11.6 Å². The number of ether oxygens (including phenoxy) is 2. The second kappa shape index (κ2) is 7.27. The van der Waals surface area contributed by atoms with Crippen LogP contribution < -0.4 is 14.4 Å². The van der Waals surface area contributed by atoms with E-state index in [0.717, 1.165) is 0 Å². The fraction of sp³-hybridized carbons (Fsp3) is 0.409. The Balaban J connectivity index is 1.26. The van der Waals surface area contributed by atoms with Gasteiger partial charge in [0.05, 0.1) is 12.8 Å². The fourth-order valence-electron chi connectivity index (χ4n) is 3.84. The largest absolute Gasteiger partial charge is 0.479 e. The topological polar surface area (TPSA) is 72.0 Å². The normalized spacial score (nSPS) is 20.7. The Hall–Kier alpha value is -3.16. The van der Waals surface area contributed by atoms with Gasteiger partial charge in [-0.3, -0.25) is 9.59 Å². The second-order valence-electron chi connectivity index (χ2n) is 8.09. The molecule has 2 aliphatic heterocycles. The van der Waals surface area contributed by atoms with Gasteiger partial charge in [-0.25, -0.2) is 9.37 Å². The van der Waals surface area contributed by atoms with Crippen molar-refractivity contribution in [2.24, 2.45) is 5.92 Å². The first kappa shape index (κ1) is 18.8. The predicted molar refractivity (Wildman–Crippen MR) is 106 cm³/mol. The maximum Gasteiger partial charge on any atom is 0.268 e. The molecule has 3 heterocycles. The first-order chi connectivity index (χ1) is 14.5. The molecule has 1 saturated carbocycles. The molecule has 2 aromatic rings. The zero-order valence-corrected chi connectivity index (χ0v) is 16.6. The van der Waals surface area contributed by atoms with E-state index in [9.17, 15) is 14.0 Å². The summed E-state index contributed by atoms with van der Waals surface area (Å²) in [4.78, 5) is 32.2. The average molecular weight is 411 g/mol. The Morgan fingerprint density at radius 2 is 2.03 bits per heavy atom. The molecule has 3 aliphatic rings. The van der Waals surface area contributed by atoms with Crippen molar-refractivity contribution < 1.29 is 23.5 Å². The van der Waals surface area contributed by atoms with Crippen molar-refractivity contribution in [2.45, 2.75) is 31.9 Å². The number of amides is 2. The number of halogens is 1. The van der Waals surface area contributed by atoms with Gasteiger partial charge in [0.25, 0.3) is 11.8 Å². The minimum atomic E-state index is -0.681. The van der Waals surface area contributed by atoms with Crippen molar-refractivity contribution in [3.05, 3.63) is 47.4 Å². The molecule has 1 saturated heterocycles. The molecule has 1 atom stereocenters. The lowest BCUT2D eigenvalue weighted by Gasteiger charge is -2.18. The van der Waals surface area contributed by atoms with Gasteiger partial charge in [-0.1, -0.05) is 0 Å². The van der Waals surface area contributed by atoms with E-state index in [0.29, 0.717) is 53.9 Å². The third-order valence-corrected chi connectivity index (χ3v) is 5.77. The molecule has 0 radical (unpaired) electrons. The minimum absolute atomic E-state index is 0.236. The molecule has 156 valence electrons. The highest BCUT2D eigenvalue weighted by molar-refractivity contribution is 6.02. The van der Waals surface area contributed by atoms with Crippen molar-refractivity contribution in [1.82, 2.24) is 9.88 Å². The van der Waals surface area contributed by atoms with Crippen molar-refractivity contribution >= 4 is 17.5 Å². The van der Waals surface area contributed by atoms with Crippen LogP contribution in [-0.2, 0) is 11.3 Å². The number of fused-ring (bicyclic) bond motifs is 1. The highest BCUT2D eigenvalue weighted by Gasteiger charge is 2.36. The molecule has 30 heavy (non-hydrogen) atoms. The van der Waals surface area contributed by atoms with Crippen molar-refractivity contribution in [3.63, 3.8) is 0 Å². The third-order valence-electron chi connectivity index (χ3n) is 5.77. The Bertz CT molecular complexity index is 1010. The average Bonchev–Trinajstić information content (AvgIpc) is 3.44. The minimum Gasteiger partial charge on any atom is -0.479 e. The van der Waals surface area contributed by atoms with Crippen LogP contribution in [0.3, 0.4) is 0 Å². The first-order valence-electron chi connectivity index (χ1n) is 10.1. The Labute approximate surface area is 173 Å². The fourth-order valence-corrected chi connectivity index (χ4v) is 3.84. The molecular weight excluding hydrogens is 389 g/mol. The highest BCUT2D eigenvalue weighted by atomic mass is 19.1. The quantitative estimate of drug-likeness (QED) is 0.731. The molecule has 1 aromatic carbocycles. The lowest BCUT2D eigenvalue weighted by Crippen LogP contribution is -2.32. The Kier molecular flexibility index (Phi) is 4.56. The van der Waals surface area contributed by atoms with Crippen LogP contribution in [0.4, 0.5) is 10.1 Å². The summed E-state index contributed by atoms with van der Waals surface area (Å²) in [7, 11) is 1.63. The van der Waals surface area contributed by atoms with Gasteiger partial charge >= 0.3 is 0 Å². The monoisotopic (exact) mass is 411 g/mol. The van der Waals surface area contributed by atoms with Gasteiger partial charge in [-0.05, 0) is 37.0 Å². The van der Waals surface area contributed by atoms with E-state index in [1.807, 2.05) is 0 Å². The van der Waals surface area contributed by atoms with Gasteiger partial charge in [0.1, 0.15) is 11.6 Å². The number of pyridine rings is 1. The standard InChI is InChI=1S/C22H22FN3O4/c1-25-11-17-16(21(25)27)8-14(9-18(17)23)26-7-6-19(22(26)28)30-15-4-5-20(24-10-15)29-12-13-2-3-13/h4-5,8-10,13,19H,2-3,6-7,11-12H2,1H3. The third kappa shape index (κ3) is 3.46. The van der Waals surface area contributed by atoms with Crippen LogP contribution in [0.5, 0.6) is 11.6 Å². The Morgan fingerprint density at radius 1 is 1.20 bits per heavy atom. The summed E-state index contributed by atoms with van der Waals surface area (Å²) in [6.07, 6.45) is 3.74. The number of hydrogen-bond donors (Lipinski definition) is 0. The molecule has 7 nitrogen and oxygen atoms in total. The van der Waals surface area contributed by atoms with E-state index in [-0.39, 0.29) is 18.4 Å². The van der Waals surface area contributed by atoms with E-state index < -0.39 is 11.9 Å². The molecule has 1 aliphatic carbocycles. The van der Waals surface area contributed by atoms with Gasteiger partial charge < -0.3 is 19.3 Å². The zero-order valence-electron chi connectivity index (χ0n) is 16.6. The second-order valence-corrected chi connectivity index (χ2v) is 8.09. The van der Waals surface area contributed by atoms with E-state index >= 15 is 0 Å². The Morgan fingerprint density at radius 3 is 2.77 bits per heavy atom. The van der Waals surface area contributed by atoms with Gasteiger partial charge in [-0.15, -0.1) is 0 Å². The molecule has 0 N–H and O–H groups in total. The molecular formula is C22H22FN3O4. The van der Waals surface area contributed by atoms with Crippen molar-refractivity contribution in [2.75, 3.05) is 25.1 Å². The lowest BCUT2D eigenvalue weighted by atomic mass is 10.1. The molecule has 2 fully saturated rings. The zero-order chi connectivity index (χ0) is 20.8. The molecule has 0 spiro atoms. The van der Waals surface area contributed by atoms with Crippen LogP contribution in [0.15, 0.2) is 30.5 Å². The molecule has 2 amide bonds. The summed E-state index contributed by atoms with van der Waals surface area (Å²) in [5.74, 6) is 0.693. The first-order valence-corrected chi connectivity index (χ1v) is 10.1. The highest BCUT2D eigenvalue weighted by Crippen LogP contribution is 2.32. The van der Waals surface area contributed by atoms with E-state index in [1.165, 1.54) is 28.7 Å². The summed E-state index contributed by atoms with van der Waals surface area (Å²) in [5, 5.41) is 0. The molecule has 1 unspecified atom stereocenters. The van der Waals surface area contributed by atoms with E-state index in [4.69, 9.17) is 9.47 Å². The van der Waals surface area contributed by atoms with Crippen LogP contribution in [-0.4, -0.2) is 48.0 Å². The smallest absolute Gasteiger partial charge is 0.268 e. The number of carbonyl (C=O) groups is 2. The number of aromatic nitrogens is 1. The summed E-state index contributed by atoms with van der Waals surface area (Å²) in [6.45, 7) is 1.31. The maximum absolute atomic E-state index is 14.5. The molecule has 0 bridgehead atoms. The number of hydrogen-bond acceptors (Lipinski definition) is 5. The number of rotatable bonds is 6. The van der Waals surface area contributed by atoms with Crippen LogP contribution in [0.1, 0.15) is 35.2 Å². The van der Waals surface area contributed by atoms with Gasteiger partial charge in [-0.2, -0.15) is 0 Å². The van der Waals surface area contributed by atoms with Gasteiger partial charge in [0, 0.05) is 49.4 Å². The molecule has 8 heteroatoms. The lowest BCUT2D eigenvalue weighted by molar-refractivity contribution is -0.122. The van der Waals surface area contributed by atoms with Crippen LogP contribution in [0, 0.1) is 11.7 Å². The number of anilines is 1. The molecule has 5 rings (SSSR count). The van der Waals surface area contributed by atoms with Crippen LogP contribution in [0.25, 0.3) is 0 Å². The van der Waals surface area contributed by atoms with E-state index in [2.05, 4.69) is 4.98 Å². The number of carbonyl (C=O) groups excluding carboxylic acids is 2. The van der Waals surface area contributed by atoms with Gasteiger partial charge in [0.2, 0.25) is 5.88 Å². The summed E-state index contributed by atoms with van der Waals surface area (Å²) in [6, 6.07) is 6.37. The maximum atomic E-state index is 14.5. The molecule has 1 aromatic heterocycles. The number of benzene rings is 1. The summed E-state index contributed by atoms with van der Waals surface area (Å²) >= 11 is 0. The van der Waals surface area contributed by atoms with Gasteiger partial charge in [0.15, 0.2) is 6.10 Å². The summed E-state index contributed by atoms with van der Waals surface area (Å²) < 4.78 is 25.9. The summed E-state index contributed by atoms with van der Waals surface area (Å²) in [5.41, 5.74) is 1.07.